The van der Waals surface area contributed by atoms with Gasteiger partial charge >= 0.3 is 0 Å². The quantitative estimate of drug-likeness (QED) is 0.859. The SMILES string of the molecule is CCC(C)(C(N)c1cc(OC)cc(OC)c1)N(C)C. The van der Waals surface area contributed by atoms with Crippen molar-refractivity contribution in [1.29, 1.82) is 0 Å². The highest BCUT2D eigenvalue weighted by Crippen LogP contribution is 2.34. The maximum Gasteiger partial charge on any atom is 0.122 e. The van der Waals surface area contributed by atoms with Crippen LogP contribution in [0.5, 0.6) is 11.5 Å². The fraction of sp³-hybridized carbons (Fsp3) is 0.600. The van der Waals surface area contributed by atoms with E-state index in [0.29, 0.717) is 0 Å². The van der Waals surface area contributed by atoms with Crippen molar-refractivity contribution in [3.63, 3.8) is 0 Å². The second-order valence-electron chi connectivity index (χ2n) is 5.23. The number of methoxy groups -OCH3 is 2. The molecule has 2 atom stereocenters. The van der Waals surface area contributed by atoms with E-state index in [9.17, 15) is 0 Å². The molecule has 0 aromatic heterocycles. The van der Waals surface area contributed by atoms with E-state index in [-0.39, 0.29) is 11.6 Å². The van der Waals surface area contributed by atoms with Crippen molar-refractivity contribution in [2.45, 2.75) is 31.8 Å². The summed E-state index contributed by atoms with van der Waals surface area (Å²) in [6.07, 6.45) is 0.959. The molecule has 0 saturated heterocycles. The van der Waals surface area contributed by atoms with Crippen molar-refractivity contribution >= 4 is 0 Å². The van der Waals surface area contributed by atoms with E-state index in [2.05, 4.69) is 32.8 Å². The first-order chi connectivity index (χ1) is 8.88. The van der Waals surface area contributed by atoms with E-state index in [1.54, 1.807) is 14.2 Å². The van der Waals surface area contributed by atoms with Crippen LogP contribution >= 0.6 is 0 Å². The largest absolute Gasteiger partial charge is 0.497 e. The molecule has 0 bridgehead atoms. The van der Waals surface area contributed by atoms with E-state index in [1.807, 2.05) is 18.2 Å². The van der Waals surface area contributed by atoms with Crippen LogP contribution in [0.1, 0.15) is 31.9 Å². The van der Waals surface area contributed by atoms with Gasteiger partial charge in [-0.1, -0.05) is 6.92 Å². The van der Waals surface area contributed by atoms with Crippen LogP contribution in [-0.2, 0) is 0 Å². The van der Waals surface area contributed by atoms with E-state index in [0.717, 1.165) is 23.5 Å². The summed E-state index contributed by atoms with van der Waals surface area (Å²) in [6.45, 7) is 4.32. The summed E-state index contributed by atoms with van der Waals surface area (Å²) in [7, 11) is 7.41. The van der Waals surface area contributed by atoms with Crippen molar-refractivity contribution in [3.05, 3.63) is 23.8 Å². The van der Waals surface area contributed by atoms with E-state index in [1.165, 1.54) is 0 Å². The topological polar surface area (TPSA) is 47.7 Å². The molecule has 4 nitrogen and oxygen atoms in total. The first kappa shape index (κ1) is 15.8. The molecular weight excluding hydrogens is 240 g/mol. The maximum atomic E-state index is 6.48. The first-order valence-electron chi connectivity index (χ1n) is 6.55. The number of likely N-dealkylation sites (N-methyl/N-ethyl adjacent to an activating group) is 1. The zero-order valence-corrected chi connectivity index (χ0v) is 12.9. The Hall–Kier alpha value is -1.26. The smallest absolute Gasteiger partial charge is 0.122 e. The molecule has 0 heterocycles. The van der Waals surface area contributed by atoms with Crippen molar-refractivity contribution in [3.8, 4) is 11.5 Å². The average Bonchev–Trinajstić information content (AvgIpc) is 2.44. The summed E-state index contributed by atoms with van der Waals surface area (Å²) < 4.78 is 10.6. The molecular formula is C15H26N2O2. The van der Waals surface area contributed by atoms with Crippen molar-refractivity contribution in [2.24, 2.45) is 5.73 Å². The van der Waals surface area contributed by atoms with Gasteiger partial charge in [-0.15, -0.1) is 0 Å². The van der Waals surface area contributed by atoms with Crippen LogP contribution < -0.4 is 15.2 Å². The van der Waals surface area contributed by atoms with Crippen LogP contribution in [0.25, 0.3) is 0 Å². The maximum absolute atomic E-state index is 6.48. The Labute approximate surface area is 116 Å². The van der Waals surface area contributed by atoms with Gasteiger partial charge in [0.15, 0.2) is 0 Å². The molecule has 0 saturated carbocycles. The molecule has 0 amide bonds. The predicted molar refractivity (Wildman–Crippen MR) is 78.9 cm³/mol. The van der Waals surface area contributed by atoms with Gasteiger partial charge < -0.3 is 20.1 Å². The van der Waals surface area contributed by atoms with Crippen molar-refractivity contribution in [2.75, 3.05) is 28.3 Å². The van der Waals surface area contributed by atoms with Crippen LogP contribution in [0, 0.1) is 0 Å². The van der Waals surface area contributed by atoms with Gasteiger partial charge in [0.05, 0.1) is 14.2 Å². The van der Waals surface area contributed by atoms with Gasteiger partial charge in [0, 0.05) is 17.6 Å². The summed E-state index contributed by atoms with van der Waals surface area (Å²) in [6, 6.07) is 5.70. The fourth-order valence-corrected chi connectivity index (χ4v) is 2.18. The van der Waals surface area contributed by atoms with Gasteiger partial charge in [0.1, 0.15) is 11.5 Å². The third-order valence-electron chi connectivity index (χ3n) is 4.14. The minimum Gasteiger partial charge on any atom is -0.497 e. The lowest BCUT2D eigenvalue weighted by Crippen LogP contribution is -2.49. The molecule has 1 aromatic rings. The number of nitrogens with two attached hydrogens (primary N) is 1. The standard InChI is InChI=1S/C15H26N2O2/c1-7-15(2,17(3)4)14(16)11-8-12(18-5)10-13(9-11)19-6/h8-10,14H,7,16H2,1-6H3. The lowest BCUT2D eigenvalue weighted by Gasteiger charge is -2.41. The zero-order chi connectivity index (χ0) is 14.6. The Morgan fingerprint density at radius 3 is 1.95 bits per heavy atom. The molecule has 4 heteroatoms. The molecule has 0 aliphatic rings. The Morgan fingerprint density at radius 2 is 1.63 bits per heavy atom. The van der Waals surface area contributed by atoms with Crippen molar-refractivity contribution in [1.82, 2.24) is 4.90 Å². The van der Waals surface area contributed by atoms with E-state index in [4.69, 9.17) is 15.2 Å². The third kappa shape index (κ3) is 3.19. The second-order valence-corrected chi connectivity index (χ2v) is 5.23. The highest BCUT2D eigenvalue weighted by molar-refractivity contribution is 5.40. The van der Waals surface area contributed by atoms with Crippen LogP contribution in [0.2, 0.25) is 0 Å². The molecule has 2 unspecified atom stereocenters. The summed E-state index contributed by atoms with van der Waals surface area (Å²) in [5, 5.41) is 0. The summed E-state index contributed by atoms with van der Waals surface area (Å²) in [5.41, 5.74) is 7.39. The number of benzene rings is 1. The fourth-order valence-electron chi connectivity index (χ4n) is 2.18. The molecule has 0 aliphatic carbocycles. The number of hydrogen-bond acceptors (Lipinski definition) is 4. The Bertz CT molecular complexity index is 398. The summed E-state index contributed by atoms with van der Waals surface area (Å²) >= 11 is 0. The van der Waals surface area contributed by atoms with Gasteiger partial charge in [0.25, 0.3) is 0 Å². The molecule has 108 valence electrons. The molecule has 0 fully saturated rings. The minimum atomic E-state index is -0.114. The average molecular weight is 266 g/mol. The van der Waals surface area contributed by atoms with E-state index < -0.39 is 0 Å². The zero-order valence-electron chi connectivity index (χ0n) is 12.9. The van der Waals surface area contributed by atoms with Crippen LogP contribution in [0.15, 0.2) is 18.2 Å². The highest BCUT2D eigenvalue weighted by atomic mass is 16.5. The van der Waals surface area contributed by atoms with Crippen molar-refractivity contribution < 1.29 is 9.47 Å². The van der Waals surface area contributed by atoms with Crippen LogP contribution in [0.3, 0.4) is 0 Å². The predicted octanol–water partition coefficient (Wildman–Crippen LogP) is 2.43. The molecule has 0 radical (unpaired) electrons. The number of nitrogens with zero attached hydrogens (tertiary/aromatic N) is 1. The summed E-state index contributed by atoms with van der Waals surface area (Å²) in [4.78, 5) is 2.17. The highest BCUT2D eigenvalue weighted by Gasteiger charge is 2.33. The number of hydrogen-bond donors (Lipinski definition) is 1. The van der Waals surface area contributed by atoms with Gasteiger partial charge in [0.2, 0.25) is 0 Å². The molecule has 1 aromatic carbocycles. The number of ether oxygens (including phenoxy) is 2. The Morgan fingerprint density at radius 1 is 1.16 bits per heavy atom. The molecule has 0 spiro atoms. The molecule has 0 aliphatic heterocycles. The monoisotopic (exact) mass is 266 g/mol. The lowest BCUT2D eigenvalue weighted by atomic mass is 9.84. The Kier molecular flexibility index (Phi) is 5.20. The van der Waals surface area contributed by atoms with Crippen LogP contribution in [-0.4, -0.2) is 38.8 Å². The molecule has 2 N–H and O–H groups in total. The minimum absolute atomic E-state index is 0.114. The van der Waals surface area contributed by atoms with Gasteiger partial charge in [-0.25, -0.2) is 0 Å². The normalized spacial score (nSPS) is 16.0. The van der Waals surface area contributed by atoms with Gasteiger partial charge in [-0.2, -0.15) is 0 Å². The Balaban J connectivity index is 3.20. The summed E-state index contributed by atoms with van der Waals surface area (Å²) in [5.74, 6) is 1.53. The molecule has 1 rings (SSSR count). The first-order valence-corrected chi connectivity index (χ1v) is 6.55. The number of rotatable bonds is 6. The third-order valence-corrected chi connectivity index (χ3v) is 4.14. The molecule has 19 heavy (non-hydrogen) atoms. The van der Waals surface area contributed by atoms with Gasteiger partial charge in [-0.05, 0) is 45.1 Å². The van der Waals surface area contributed by atoms with E-state index >= 15 is 0 Å². The second kappa shape index (κ2) is 6.26. The lowest BCUT2D eigenvalue weighted by molar-refractivity contribution is 0.131. The van der Waals surface area contributed by atoms with Crippen LogP contribution in [0.4, 0.5) is 0 Å². The van der Waals surface area contributed by atoms with Gasteiger partial charge in [-0.3, -0.25) is 0 Å².